The van der Waals surface area contributed by atoms with Gasteiger partial charge in [-0.1, -0.05) is 5.92 Å². The van der Waals surface area contributed by atoms with Crippen molar-refractivity contribution in [3.05, 3.63) is 11.4 Å². The molecule has 0 bridgehead atoms. The van der Waals surface area contributed by atoms with Crippen LogP contribution in [0, 0.1) is 18.3 Å². The van der Waals surface area contributed by atoms with E-state index in [1.165, 1.54) is 12.8 Å². The average molecular weight is 258 g/mol. The Bertz CT molecular complexity index is 534. The maximum absolute atomic E-state index is 12.4. The standard InChI is InChI=1S/C14H18N4O/c1-2-7-18(8-9-3-4-9)14(19)13-11(15)12(16-17-13)10-5-6-10/h1,9-10H,3-8,15H2,(H,16,17). The van der Waals surface area contributed by atoms with Gasteiger partial charge in [-0.25, -0.2) is 0 Å². The van der Waals surface area contributed by atoms with Crippen molar-refractivity contribution in [2.75, 3.05) is 18.8 Å². The summed E-state index contributed by atoms with van der Waals surface area (Å²) in [4.78, 5) is 14.1. The van der Waals surface area contributed by atoms with Crippen molar-refractivity contribution in [3.63, 3.8) is 0 Å². The van der Waals surface area contributed by atoms with Crippen molar-refractivity contribution in [2.45, 2.75) is 31.6 Å². The van der Waals surface area contributed by atoms with Gasteiger partial charge in [0, 0.05) is 12.5 Å². The minimum atomic E-state index is -0.148. The lowest BCUT2D eigenvalue weighted by atomic mass is 10.2. The van der Waals surface area contributed by atoms with E-state index < -0.39 is 0 Å². The summed E-state index contributed by atoms with van der Waals surface area (Å²) in [6, 6.07) is 0. The molecule has 3 rings (SSSR count). The van der Waals surface area contributed by atoms with E-state index >= 15 is 0 Å². The van der Waals surface area contributed by atoms with Gasteiger partial charge in [0.15, 0.2) is 5.69 Å². The second-order valence-electron chi connectivity index (χ2n) is 5.51. The Hall–Kier alpha value is -1.96. The molecular weight excluding hydrogens is 240 g/mol. The molecule has 2 saturated carbocycles. The number of nitrogens with zero attached hydrogens (tertiary/aromatic N) is 2. The largest absolute Gasteiger partial charge is 0.395 e. The van der Waals surface area contributed by atoms with Gasteiger partial charge in [0.25, 0.3) is 5.91 Å². The third-order valence-electron chi connectivity index (χ3n) is 3.77. The minimum absolute atomic E-state index is 0.148. The molecule has 2 aliphatic rings. The van der Waals surface area contributed by atoms with Gasteiger partial charge in [0.2, 0.25) is 0 Å². The van der Waals surface area contributed by atoms with E-state index in [-0.39, 0.29) is 5.91 Å². The van der Waals surface area contributed by atoms with E-state index in [4.69, 9.17) is 12.2 Å². The molecule has 100 valence electrons. The number of aromatic amines is 1. The van der Waals surface area contributed by atoms with Crippen LogP contribution in [-0.4, -0.2) is 34.1 Å². The number of hydrogen-bond donors (Lipinski definition) is 2. The van der Waals surface area contributed by atoms with Crippen LogP contribution in [-0.2, 0) is 0 Å². The number of amides is 1. The first-order chi connectivity index (χ1) is 9.20. The monoisotopic (exact) mass is 258 g/mol. The summed E-state index contributed by atoms with van der Waals surface area (Å²) in [5.74, 6) is 3.45. The second kappa shape index (κ2) is 4.61. The van der Waals surface area contributed by atoms with Crippen molar-refractivity contribution < 1.29 is 4.79 Å². The zero-order valence-electron chi connectivity index (χ0n) is 10.9. The summed E-state index contributed by atoms with van der Waals surface area (Å²) in [7, 11) is 0. The van der Waals surface area contributed by atoms with Gasteiger partial charge >= 0.3 is 0 Å². The third kappa shape index (κ3) is 2.43. The van der Waals surface area contributed by atoms with E-state index in [1.54, 1.807) is 4.90 Å². The lowest BCUT2D eigenvalue weighted by Crippen LogP contribution is -2.34. The smallest absolute Gasteiger partial charge is 0.277 e. The van der Waals surface area contributed by atoms with Crippen LogP contribution in [0.25, 0.3) is 0 Å². The van der Waals surface area contributed by atoms with Crippen molar-refractivity contribution >= 4 is 11.6 Å². The number of anilines is 1. The first kappa shape index (κ1) is 12.1. The van der Waals surface area contributed by atoms with Crippen LogP contribution in [0.5, 0.6) is 0 Å². The fraction of sp³-hybridized carbons (Fsp3) is 0.571. The van der Waals surface area contributed by atoms with Crippen molar-refractivity contribution in [1.82, 2.24) is 15.1 Å². The number of nitrogen functional groups attached to an aromatic ring is 1. The molecule has 0 atom stereocenters. The molecule has 0 saturated heterocycles. The molecule has 1 aromatic rings. The molecule has 5 nitrogen and oxygen atoms in total. The highest BCUT2D eigenvalue weighted by Gasteiger charge is 2.33. The van der Waals surface area contributed by atoms with Gasteiger partial charge in [0.1, 0.15) is 0 Å². The number of aromatic nitrogens is 2. The molecule has 2 fully saturated rings. The Kier molecular flexibility index (Phi) is 2.94. The molecule has 5 heteroatoms. The molecule has 19 heavy (non-hydrogen) atoms. The Morgan fingerprint density at radius 3 is 2.79 bits per heavy atom. The number of terminal acetylenes is 1. The van der Waals surface area contributed by atoms with E-state index in [0.29, 0.717) is 36.3 Å². The number of nitrogens with one attached hydrogen (secondary N) is 1. The quantitative estimate of drug-likeness (QED) is 0.783. The Morgan fingerprint density at radius 1 is 1.47 bits per heavy atom. The summed E-state index contributed by atoms with van der Waals surface area (Å²) in [6.45, 7) is 1.04. The zero-order chi connectivity index (χ0) is 13.4. The minimum Gasteiger partial charge on any atom is -0.395 e. The van der Waals surface area contributed by atoms with E-state index in [1.807, 2.05) is 0 Å². The van der Waals surface area contributed by atoms with Gasteiger partial charge in [-0.3, -0.25) is 9.89 Å². The van der Waals surface area contributed by atoms with Crippen LogP contribution in [0.15, 0.2) is 0 Å². The molecule has 3 N–H and O–H groups in total. The topological polar surface area (TPSA) is 75.0 Å². The highest BCUT2D eigenvalue weighted by atomic mass is 16.2. The van der Waals surface area contributed by atoms with Gasteiger partial charge in [0.05, 0.1) is 17.9 Å². The molecule has 0 radical (unpaired) electrons. The number of rotatable bonds is 5. The summed E-state index contributed by atoms with van der Waals surface area (Å²) in [5, 5.41) is 7.01. The van der Waals surface area contributed by atoms with Gasteiger partial charge < -0.3 is 10.6 Å². The van der Waals surface area contributed by atoms with E-state index in [9.17, 15) is 4.79 Å². The highest BCUT2D eigenvalue weighted by molar-refractivity contribution is 5.98. The zero-order valence-corrected chi connectivity index (χ0v) is 10.9. The summed E-state index contributed by atoms with van der Waals surface area (Å²) >= 11 is 0. The normalized spacial score (nSPS) is 18.1. The maximum Gasteiger partial charge on any atom is 0.277 e. The fourth-order valence-corrected chi connectivity index (χ4v) is 2.30. The Labute approximate surface area is 112 Å². The lowest BCUT2D eigenvalue weighted by Gasteiger charge is -2.19. The first-order valence-electron chi connectivity index (χ1n) is 6.77. The van der Waals surface area contributed by atoms with Crippen LogP contribution in [0.4, 0.5) is 5.69 Å². The molecule has 1 amide bonds. The molecule has 2 aliphatic carbocycles. The predicted octanol–water partition coefficient (Wildman–Crippen LogP) is 1.35. The third-order valence-corrected chi connectivity index (χ3v) is 3.77. The summed E-state index contributed by atoms with van der Waals surface area (Å²) in [5.41, 5.74) is 7.78. The Morgan fingerprint density at radius 2 is 2.21 bits per heavy atom. The lowest BCUT2D eigenvalue weighted by molar-refractivity contribution is 0.0765. The van der Waals surface area contributed by atoms with Crippen molar-refractivity contribution in [3.8, 4) is 12.3 Å². The maximum atomic E-state index is 12.4. The number of nitrogens with two attached hydrogens (primary N) is 1. The molecule has 0 aromatic carbocycles. The van der Waals surface area contributed by atoms with Crippen LogP contribution in [0.3, 0.4) is 0 Å². The molecule has 1 aromatic heterocycles. The van der Waals surface area contributed by atoms with Gasteiger partial charge in [-0.15, -0.1) is 6.42 Å². The molecule has 1 heterocycles. The first-order valence-corrected chi connectivity index (χ1v) is 6.77. The predicted molar refractivity (Wildman–Crippen MR) is 72.4 cm³/mol. The molecule has 0 aliphatic heterocycles. The van der Waals surface area contributed by atoms with E-state index in [2.05, 4.69) is 16.1 Å². The Balaban J connectivity index is 1.78. The average Bonchev–Trinajstić information content (AvgIpc) is 3.29. The molecular formula is C14H18N4O. The van der Waals surface area contributed by atoms with Crippen LogP contribution in [0.2, 0.25) is 0 Å². The molecule has 0 unspecified atom stereocenters. The number of H-pyrrole nitrogens is 1. The van der Waals surface area contributed by atoms with Crippen molar-refractivity contribution in [1.29, 1.82) is 0 Å². The number of carbonyl (C=O) groups excluding carboxylic acids is 1. The fourth-order valence-electron chi connectivity index (χ4n) is 2.30. The van der Waals surface area contributed by atoms with Gasteiger partial charge in [-0.05, 0) is 31.6 Å². The summed E-state index contributed by atoms with van der Waals surface area (Å²) in [6.07, 6.45) is 9.94. The van der Waals surface area contributed by atoms with Crippen LogP contribution in [0.1, 0.15) is 47.8 Å². The summed E-state index contributed by atoms with van der Waals surface area (Å²) < 4.78 is 0. The molecule has 0 spiro atoms. The highest BCUT2D eigenvalue weighted by Crippen LogP contribution is 2.42. The van der Waals surface area contributed by atoms with Gasteiger partial charge in [-0.2, -0.15) is 5.10 Å². The SMILES string of the molecule is C#CCN(CC1CC1)C(=O)c1n[nH]c(C2CC2)c1N. The van der Waals surface area contributed by atoms with Crippen LogP contribution >= 0.6 is 0 Å². The second-order valence-corrected chi connectivity index (χ2v) is 5.51. The van der Waals surface area contributed by atoms with Crippen molar-refractivity contribution in [2.24, 2.45) is 5.92 Å². The number of hydrogen-bond acceptors (Lipinski definition) is 3. The van der Waals surface area contributed by atoms with Crippen LogP contribution < -0.4 is 5.73 Å². The van der Waals surface area contributed by atoms with E-state index in [0.717, 1.165) is 18.5 Å². The number of carbonyl (C=O) groups is 1.